The van der Waals surface area contributed by atoms with Crippen LogP contribution >= 0.6 is 23.2 Å². The average molecular weight is 371 g/mol. The molecular weight excluding hydrogens is 354 g/mol. The molecule has 3 aromatic rings. The van der Waals surface area contributed by atoms with Crippen molar-refractivity contribution in [1.29, 1.82) is 0 Å². The molecule has 0 aliphatic rings. The van der Waals surface area contributed by atoms with E-state index in [-0.39, 0.29) is 5.15 Å². The number of rotatable bonds is 6. The molecule has 128 valence electrons. The van der Waals surface area contributed by atoms with Gasteiger partial charge in [0, 0.05) is 12.1 Å². The van der Waals surface area contributed by atoms with Crippen LogP contribution in [-0.4, -0.2) is 21.8 Å². The van der Waals surface area contributed by atoms with E-state index < -0.39 is 12.2 Å². The molecule has 3 heterocycles. The number of nitrogens with zero attached hydrogens (tertiary/aromatic N) is 2. The number of nitrogens with two attached hydrogens (primary N) is 1. The van der Waals surface area contributed by atoms with Crippen LogP contribution in [0.4, 0.5) is 10.1 Å². The van der Waals surface area contributed by atoms with Gasteiger partial charge in [0.15, 0.2) is 5.15 Å². The fraction of sp³-hybridized carbons (Fsp3) is 0.312. The van der Waals surface area contributed by atoms with E-state index in [1.165, 1.54) is 11.4 Å². The van der Waals surface area contributed by atoms with Crippen molar-refractivity contribution < 1.29 is 8.81 Å². The van der Waals surface area contributed by atoms with Crippen LogP contribution in [0.1, 0.15) is 18.2 Å². The van der Waals surface area contributed by atoms with Crippen LogP contribution in [0, 0.1) is 0 Å². The molecule has 3 rings (SSSR count). The molecule has 0 unspecified atom stereocenters. The molecule has 3 N–H and O–H groups in total. The largest absolute Gasteiger partial charge is 0.467 e. The minimum atomic E-state index is -1.13. The molecule has 8 heteroatoms. The van der Waals surface area contributed by atoms with Gasteiger partial charge in [-0.25, -0.2) is 8.91 Å². The molecule has 0 spiro atoms. The number of hydrogen-bond acceptors (Lipinski definition) is 4. The summed E-state index contributed by atoms with van der Waals surface area (Å²) in [5, 5.41) is 8.12. The summed E-state index contributed by atoms with van der Waals surface area (Å²) in [5.74, 6) is 0.784. The number of aromatic nitrogens is 2. The molecule has 0 aromatic carbocycles. The summed E-state index contributed by atoms with van der Waals surface area (Å²) in [6.45, 7) is 1.92. The average Bonchev–Trinajstić information content (AvgIpc) is 3.15. The van der Waals surface area contributed by atoms with Crippen LogP contribution in [0.3, 0.4) is 0 Å². The van der Waals surface area contributed by atoms with Crippen molar-refractivity contribution in [2.45, 2.75) is 32.1 Å². The molecule has 5 nitrogen and oxygen atoms in total. The maximum absolute atomic E-state index is 13.4. The Hall–Kier alpha value is -1.76. The lowest BCUT2D eigenvalue weighted by Crippen LogP contribution is -2.31. The van der Waals surface area contributed by atoms with Gasteiger partial charge in [0.05, 0.1) is 24.0 Å². The first-order valence-electron chi connectivity index (χ1n) is 7.48. The van der Waals surface area contributed by atoms with Gasteiger partial charge in [0.1, 0.15) is 17.1 Å². The number of halogens is 3. The molecule has 0 saturated heterocycles. The van der Waals surface area contributed by atoms with Gasteiger partial charge in [0.25, 0.3) is 0 Å². The zero-order valence-corrected chi connectivity index (χ0v) is 14.5. The number of furan rings is 1. The second-order valence-electron chi connectivity index (χ2n) is 5.62. The van der Waals surface area contributed by atoms with E-state index in [0.29, 0.717) is 18.1 Å². The predicted molar refractivity (Wildman–Crippen MR) is 93.5 cm³/mol. The zero-order valence-electron chi connectivity index (χ0n) is 13.0. The summed E-state index contributed by atoms with van der Waals surface area (Å²) in [5.41, 5.74) is 8.03. The first kappa shape index (κ1) is 17.1. The Morgan fingerprint density at radius 1 is 1.42 bits per heavy atom. The first-order chi connectivity index (χ1) is 11.5. The van der Waals surface area contributed by atoms with Gasteiger partial charge in [-0.15, -0.1) is 0 Å². The fourth-order valence-corrected chi connectivity index (χ4v) is 2.88. The Balaban J connectivity index is 1.94. The van der Waals surface area contributed by atoms with Gasteiger partial charge in [-0.2, -0.15) is 5.10 Å². The van der Waals surface area contributed by atoms with E-state index in [0.717, 1.165) is 22.5 Å². The topological polar surface area (TPSA) is 68.5 Å². The maximum Gasteiger partial charge on any atom is 0.152 e. The molecule has 3 aromatic heterocycles. The third kappa shape index (κ3) is 3.50. The Bertz CT molecular complexity index is 832. The molecule has 0 aliphatic heterocycles. The van der Waals surface area contributed by atoms with E-state index in [9.17, 15) is 4.39 Å². The number of nitrogens with one attached hydrogen (secondary N) is 1. The smallest absolute Gasteiger partial charge is 0.152 e. The summed E-state index contributed by atoms with van der Waals surface area (Å²) in [6, 6.07) is 6.61. The highest BCUT2D eigenvalue weighted by Gasteiger charge is 2.19. The second kappa shape index (κ2) is 7.01. The monoisotopic (exact) mass is 370 g/mol. The SMILES string of the molecule is C[C@H](F)[C@H](N)Cc1cc2c(NCc3ccco3)cc(Cl)nn2c1Cl. The van der Waals surface area contributed by atoms with Crippen LogP contribution in [0.25, 0.3) is 5.52 Å². The Kier molecular flexibility index (Phi) is 4.99. The maximum atomic E-state index is 13.4. The van der Waals surface area contributed by atoms with Crippen molar-refractivity contribution in [3.05, 3.63) is 52.2 Å². The number of alkyl halides is 1. The van der Waals surface area contributed by atoms with E-state index in [4.69, 9.17) is 33.4 Å². The van der Waals surface area contributed by atoms with Gasteiger partial charge in [-0.3, -0.25) is 0 Å². The standard InChI is InChI=1S/C16H17Cl2FN4O/c1-9(19)12(20)5-10-6-14-13(21-8-11-3-2-4-24-11)7-15(17)22-23(14)16(10)18/h2-4,6-7,9,12,21H,5,8,20H2,1H3/t9-,12+/m0/s1. The molecule has 2 atom stereocenters. The van der Waals surface area contributed by atoms with Gasteiger partial charge >= 0.3 is 0 Å². The van der Waals surface area contributed by atoms with Gasteiger partial charge in [0.2, 0.25) is 0 Å². The van der Waals surface area contributed by atoms with Crippen LogP contribution in [-0.2, 0) is 13.0 Å². The quantitative estimate of drug-likeness (QED) is 0.685. The van der Waals surface area contributed by atoms with Crippen molar-refractivity contribution in [2.24, 2.45) is 5.73 Å². The minimum absolute atomic E-state index is 0.289. The summed E-state index contributed by atoms with van der Waals surface area (Å²) < 4.78 is 20.2. The van der Waals surface area contributed by atoms with Gasteiger partial charge in [-0.1, -0.05) is 23.2 Å². The number of fused-ring (bicyclic) bond motifs is 1. The molecule has 24 heavy (non-hydrogen) atoms. The molecule has 0 radical (unpaired) electrons. The van der Waals surface area contributed by atoms with Crippen LogP contribution in [0.5, 0.6) is 0 Å². The normalized spacial score (nSPS) is 14.0. The highest BCUT2D eigenvalue weighted by molar-refractivity contribution is 6.31. The van der Waals surface area contributed by atoms with Gasteiger partial charge < -0.3 is 15.5 Å². The van der Waals surface area contributed by atoms with Crippen LogP contribution in [0.15, 0.2) is 34.9 Å². The zero-order chi connectivity index (χ0) is 17.3. The third-order valence-corrected chi connectivity index (χ3v) is 4.39. The Morgan fingerprint density at radius 2 is 2.21 bits per heavy atom. The summed E-state index contributed by atoms with van der Waals surface area (Å²) in [6.07, 6.45) is 0.796. The van der Waals surface area contributed by atoms with E-state index >= 15 is 0 Å². The van der Waals surface area contributed by atoms with Crippen molar-refractivity contribution >= 4 is 34.4 Å². The highest BCUT2D eigenvalue weighted by Crippen LogP contribution is 2.29. The summed E-state index contributed by atoms with van der Waals surface area (Å²) >= 11 is 12.5. The number of anilines is 1. The number of hydrogen-bond donors (Lipinski definition) is 2. The lowest BCUT2D eigenvalue weighted by molar-refractivity contribution is 0.304. The Labute approximate surface area is 148 Å². The summed E-state index contributed by atoms with van der Waals surface area (Å²) in [7, 11) is 0. The van der Waals surface area contributed by atoms with Crippen LogP contribution in [0.2, 0.25) is 10.3 Å². The molecule has 0 bridgehead atoms. The van der Waals surface area contributed by atoms with Gasteiger partial charge in [-0.05, 0) is 37.1 Å². The fourth-order valence-electron chi connectivity index (χ4n) is 2.43. The lowest BCUT2D eigenvalue weighted by atomic mass is 10.1. The van der Waals surface area contributed by atoms with E-state index in [2.05, 4.69) is 10.4 Å². The van der Waals surface area contributed by atoms with Crippen LogP contribution < -0.4 is 11.1 Å². The van der Waals surface area contributed by atoms with Crippen molar-refractivity contribution in [3.63, 3.8) is 0 Å². The second-order valence-corrected chi connectivity index (χ2v) is 6.36. The third-order valence-electron chi connectivity index (χ3n) is 3.80. The lowest BCUT2D eigenvalue weighted by Gasteiger charge is -2.11. The molecular formula is C16H17Cl2FN4O. The molecule has 0 fully saturated rings. The first-order valence-corrected chi connectivity index (χ1v) is 8.24. The van der Waals surface area contributed by atoms with Crippen molar-refractivity contribution in [3.8, 4) is 0 Å². The highest BCUT2D eigenvalue weighted by atomic mass is 35.5. The van der Waals surface area contributed by atoms with E-state index in [1.54, 1.807) is 12.3 Å². The molecule has 0 saturated carbocycles. The Morgan fingerprint density at radius 3 is 2.88 bits per heavy atom. The predicted octanol–water partition coefficient (Wildman–Crippen LogP) is 4.07. The van der Waals surface area contributed by atoms with E-state index in [1.807, 2.05) is 18.2 Å². The summed E-state index contributed by atoms with van der Waals surface area (Å²) in [4.78, 5) is 0. The molecule has 0 aliphatic carbocycles. The molecule has 0 amide bonds. The minimum Gasteiger partial charge on any atom is -0.467 e. The van der Waals surface area contributed by atoms with Crippen molar-refractivity contribution in [1.82, 2.24) is 9.61 Å². The van der Waals surface area contributed by atoms with Crippen molar-refractivity contribution in [2.75, 3.05) is 5.32 Å².